The fourth-order valence-electron chi connectivity index (χ4n) is 1.73. The van der Waals surface area contributed by atoms with Gasteiger partial charge >= 0.3 is 0 Å². The summed E-state index contributed by atoms with van der Waals surface area (Å²) < 4.78 is 13.7. The molecular weight excluding hydrogens is 263 g/mol. The highest BCUT2D eigenvalue weighted by atomic mass is 35.5. The summed E-state index contributed by atoms with van der Waals surface area (Å²) in [5.41, 5.74) is -0.424. The highest BCUT2D eigenvalue weighted by Crippen LogP contribution is 2.36. The molecule has 0 radical (unpaired) electrons. The van der Waals surface area contributed by atoms with Crippen LogP contribution in [-0.2, 0) is 9.59 Å². The Morgan fingerprint density at radius 3 is 2.72 bits per heavy atom. The molecule has 5 nitrogen and oxygen atoms in total. The first kappa shape index (κ1) is 12.5. The molecular formula is C11H8ClFN2O3. The fraction of sp³-hybridized carbons (Fsp3) is 0.182. The number of carbonyl (C=O) groups is 3. The van der Waals surface area contributed by atoms with Gasteiger partial charge in [0.25, 0.3) is 11.7 Å². The van der Waals surface area contributed by atoms with Crippen LogP contribution in [0.3, 0.4) is 0 Å². The van der Waals surface area contributed by atoms with Crippen LogP contribution in [0, 0.1) is 5.82 Å². The highest BCUT2D eigenvalue weighted by molar-refractivity contribution is 6.55. The molecule has 7 heteroatoms. The number of halogens is 2. The van der Waals surface area contributed by atoms with E-state index in [1.54, 1.807) is 0 Å². The molecule has 1 aromatic carbocycles. The number of rotatable bonds is 2. The van der Waals surface area contributed by atoms with E-state index in [9.17, 15) is 18.8 Å². The maximum atomic E-state index is 13.7. The number of fused-ring (bicyclic) bond motifs is 1. The van der Waals surface area contributed by atoms with E-state index in [1.807, 2.05) is 0 Å². The molecule has 1 aliphatic rings. The van der Waals surface area contributed by atoms with Crippen molar-refractivity contribution in [1.82, 2.24) is 5.32 Å². The van der Waals surface area contributed by atoms with Gasteiger partial charge in [0.05, 0.1) is 16.3 Å². The molecule has 0 saturated heterocycles. The molecule has 2 amide bonds. The minimum Gasteiger partial charge on any atom is -0.358 e. The van der Waals surface area contributed by atoms with Crippen molar-refractivity contribution >= 4 is 34.9 Å². The first-order valence-corrected chi connectivity index (χ1v) is 5.40. The number of amides is 2. The SMILES string of the molecule is CNC(=O)CN1C(=O)C(=O)c2c(Cl)ccc(F)c21. The lowest BCUT2D eigenvalue weighted by Gasteiger charge is -2.15. The van der Waals surface area contributed by atoms with Crippen LogP contribution in [0.15, 0.2) is 12.1 Å². The van der Waals surface area contributed by atoms with E-state index in [4.69, 9.17) is 11.6 Å². The highest BCUT2D eigenvalue weighted by Gasteiger charge is 2.40. The Morgan fingerprint density at radius 1 is 1.44 bits per heavy atom. The van der Waals surface area contributed by atoms with Crippen molar-refractivity contribution in [3.63, 3.8) is 0 Å². The van der Waals surface area contributed by atoms with Crippen molar-refractivity contribution in [3.8, 4) is 0 Å². The summed E-state index contributed by atoms with van der Waals surface area (Å²) in [6.45, 7) is -0.425. The summed E-state index contributed by atoms with van der Waals surface area (Å²) in [4.78, 5) is 35.4. The second-order valence-corrected chi connectivity index (χ2v) is 4.05. The maximum absolute atomic E-state index is 13.7. The van der Waals surface area contributed by atoms with Gasteiger partial charge in [0, 0.05) is 7.05 Å². The van der Waals surface area contributed by atoms with E-state index in [0.717, 1.165) is 11.0 Å². The second-order valence-electron chi connectivity index (χ2n) is 3.65. The molecule has 0 bridgehead atoms. The smallest absolute Gasteiger partial charge is 0.300 e. The third-order valence-corrected chi connectivity index (χ3v) is 2.91. The third-order valence-electron chi connectivity index (χ3n) is 2.59. The van der Waals surface area contributed by atoms with Crippen LogP contribution in [0.1, 0.15) is 10.4 Å². The average Bonchev–Trinajstić information content (AvgIpc) is 2.60. The molecule has 18 heavy (non-hydrogen) atoms. The van der Waals surface area contributed by atoms with E-state index >= 15 is 0 Å². The van der Waals surface area contributed by atoms with Gasteiger partial charge < -0.3 is 5.32 Å². The number of anilines is 1. The Hall–Kier alpha value is -1.95. The van der Waals surface area contributed by atoms with Crippen LogP contribution in [0.25, 0.3) is 0 Å². The summed E-state index contributed by atoms with van der Waals surface area (Å²) in [6.07, 6.45) is 0. The lowest BCUT2D eigenvalue weighted by molar-refractivity contribution is -0.121. The molecule has 0 atom stereocenters. The first-order chi connectivity index (χ1) is 8.47. The molecule has 2 rings (SSSR count). The largest absolute Gasteiger partial charge is 0.358 e. The van der Waals surface area contributed by atoms with Gasteiger partial charge in [-0.3, -0.25) is 19.3 Å². The normalized spacial score (nSPS) is 13.8. The van der Waals surface area contributed by atoms with Crippen LogP contribution < -0.4 is 10.2 Å². The van der Waals surface area contributed by atoms with Gasteiger partial charge in [0.1, 0.15) is 12.4 Å². The summed E-state index contributed by atoms with van der Waals surface area (Å²) in [5.74, 6) is -3.14. The third kappa shape index (κ3) is 1.74. The van der Waals surface area contributed by atoms with Crippen molar-refractivity contribution in [3.05, 3.63) is 28.5 Å². The molecule has 0 fully saturated rings. The van der Waals surface area contributed by atoms with Crippen LogP contribution in [-0.4, -0.2) is 31.2 Å². The zero-order valence-corrected chi connectivity index (χ0v) is 10.0. The van der Waals surface area contributed by atoms with E-state index < -0.39 is 30.0 Å². The topological polar surface area (TPSA) is 66.5 Å². The minimum atomic E-state index is -0.958. The zero-order valence-electron chi connectivity index (χ0n) is 9.29. The number of benzene rings is 1. The number of carbonyl (C=O) groups excluding carboxylic acids is 3. The number of hydrogen-bond acceptors (Lipinski definition) is 3. The fourth-order valence-corrected chi connectivity index (χ4v) is 1.96. The Balaban J connectivity index is 2.55. The maximum Gasteiger partial charge on any atom is 0.300 e. The number of hydrogen-bond donors (Lipinski definition) is 1. The van der Waals surface area contributed by atoms with Crippen molar-refractivity contribution in [2.75, 3.05) is 18.5 Å². The average molecular weight is 271 g/mol. The quantitative estimate of drug-likeness (QED) is 0.807. The molecule has 1 aliphatic heterocycles. The Kier molecular flexibility index (Phi) is 3.04. The second kappa shape index (κ2) is 4.38. The number of Topliss-reactive ketones (excluding diaryl/α,β-unsaturated/α-hetero) is 1. The number of nitrogens with one attached hydrogen (secondary N) is 1. The summed E-state index contributed by atoms with van der Waals surface area (Å²) in [7, 11) is 1.37. The van der Waals surface area contributed by atoms with Crippen molar-refractivity contribution in [1.29, 1.82) is 0 Å². The molecule has 1 heterocycles. The summed E-state index contributed by atoms with van der Waals surface area (Å²) >= 11 is 5.77. The van der Waals surface area contributed by atoms with Gasteiger partial charge in [-0.05, 0) is 12.1 Å². The van der Waals surface area contributed by atoms with Gasteiger partial charge in [0.2, 0.25) is 5.91 Å². The number of likely N-dealkylation sites (N-methyl/N-ethyl adjacent to an activating group) is 1. The van der Waals surface area contributed by atoms with Crippen LogP contribution in [0.5, 0.6) is 0 Å². The predicted octanol–water partition coefficient (Wildman–Crippen LogP) is 0.754. The van der Waals surface area contributed by atoms with Crippen LogP contribution >= 0.6 is 11.6 Å². The first-order valence-electron chi connectivity index (χ1n) is 5.02. The van der Waals surface area contributed by atoms with Crippen molar-refractivity contribution < 1.29 is 18.8 Å². The Bertz CT molecular complexity index is 574. The zero-order chi connectivity index (χ0) is 13.4. The monoisotopic (exact) mass is 270 g/mol. The van der Waals surface area contributed by atoms with Gasteiger partial charge in [0.15, 0.2) is 0 Å². The van der Waals surface area contributed by atoms with E-state index in [1.165, 1.54) is 13.1 Å². The number of nitrogens with zero attached hydrogens (tertiary/aromatic N) is 1. The molecule has 1 N–H and O–H groups in total. The van der Waals surface area contributed by atoms with Gasteiger partial charge in [-0.1, -0.05) is 11.6 Å². The lowest BCUT2D eigenvalue weighted by Crippen LogP contribution is -2.39. The molecule has 1 aromatic rings. The van der Waals surface area contributed by atoms with Gasteiger partial charge in [-0.15, -0.1) is 0 Å². The van der Waals surface area contributed by atoms with Crippen LogP contribution in [0.4, 0.5) is 10.1 Å². The van der Waals surface area contributed by atoms with Crippen molar-refractivity contribution in [2.45, 2.75) is 0 Å². The van der Waals surface area contributed by atoms with E-state index in [2.05, 4.69) is 5.32 Å². The molecule has 0 aromatic heterocycles. The summed E-state index contributed by atoms with van der Waals surface area (Å²) in [6, 6.07) is 2.24. The molecule has 0 unspecified atom stereocenters. The molecule has 0 spiro atoms. The van der Waals surface area contributed by atoms with Crippen molar-refractivity contribution in [2.24, 2.45) is 0 Å². The molecule has 94 valence electrons. The lowest BCUT2D eigenvalue weighted by atomic mass is 10.1. The predicted molar refractivity (Wildman–Crippen MR) is 62.2 cm³/mol. The minimum absolute atomic E-state index is 0.0100. The van der Waals surface area contributed by atoms with E-state index in [-0.39, 0.29) is 16.3 Å². The Morgan fingerprint density at radius 2 is 2.11 bits per heavy atom. The number of ketones is 1. The van der Waals surface area contributed by atoms with Gasteiger partial charge in [-0.2, -0.15) is 0 Å². The standard InChI is InChI=1S/C11H8ClFN2O3/c1-14-7(16)4-15-9-6(13)3-2-5(12)8(9)10(17)11(15)18/h2-3H,4H2,1H3,(H,14,16). The molecule has 0 saturated carbocycles. The van der Waals surface area contributed by atoms with Gasteiger partial charge in [-0.25, -0.2) is 4.39 Å². The molecule has 0 aliphatic carbocycles. The van der Waals surface area contributed by atoms with Crippen LogP contribution in [0.2, 0.25) is 5.02 Å². The Labute approximate surface area is 107 Å². The van der Waals surface area contributed by atoms with E-state index in [0.29, 0.717) is 0 Å². The summed E-state index contributed by atoms with van der Waals surface area (Å²) in [5, 5.41) is 2.28.